The van der Waals surface area contributed by atoms with Crippen molar-refractivity contribution in [2.75, 3.05) is 0 Å². The summed E-state index contributed by atoms with van der Waals surface area (Å²) in [5.41, 5.74) is 2.15. The van der Waals surface area contributed by atoms with Crippen LogP contribution in [0.5, 0.6) is 0 Å². The van der Waals surface area contributed by atoms with Crippen molar-refractivity contribution in [1.82, 2.24) is 24.3 Å². The van der Waals surface area contributed by atoms with Crippen molar-refractivity contribution >= 4 is 39.2 Å². The minimum Gasteiger partial charge on any atom is -0.331 e. The van der Waals surface area contributed by atoms with Gasteiger partial charge in [0.05, 0.1) is 11.0 Å². The zero-order chi connectivity index (χ0) is 13.4. The number of hydrogen-bond donors (Lipinski definition) is 1. The third kappa shape index (κ3) is 2.35. The molecule has 0 aliphatic rings. The Labute approximate surface area is 123 Å². The standard InChI is InChI=1S/C12H12BrN5S/c1-17-7-14-16-11(17)4-5-18-10-6-8(13)2-3-9(10)15-12(18)19/h2-3,6-7H,4-5H2,1H3,(H,15,19). The number of halogens is 1. The molecule has 2 aromatic heterocycles. The minimum atomic E-state index is 0.732. The lowest BCUT2D eigenvalue weighted by atomic mass is 10.3. The zero-order valence-electron chi connectivity index (χ0n) is 10.3. The van der Waals surface area contributed by atoms with E-state index in [-0.39, 0.29) is 0 Å². The van der Waals surface area contributed by atoms with Gasteiger partial charge in [-0.2, -0.15) is 0 Å². The summed E-state index contributed by atoms with van der Waals surface area (Å²) in [5.74, 6) is 0.950. The predicted molar refractivity (Wildman–Crippen MR) is 79.5 cm³/mol. The number of hydrogen-bond acceptors (Lipinski definition) is 3. The molecule has 5 nitrogen and oxygen atoms in total. The van der Waals surface area contributed by atoms with Gasteiger partial charge in [0.25, 0.3) is 0 Å². The first kappa shape index (κ1) is 12.6. The molecule has 19 heavy (non-hydrogen) atoms. The Bertz CT molecular complexity index is 785. The number of nitrogens with zero attached hydrogens (tertiary/aromatic N) is 4. The van der Waals surface area contributed by atoms with Crippen LogP contribution in [0.3, 0.4) is 0 Å². The fourth-order valence-electron chi connectivity index (χ4n) is 2.09. The van der Waals surface area contributed by atoms with Crippen LogP contribution in [0, 0.1) is 4.77 Å². The highest BCUT2D eigenvalue weighted by atomic mass is 79.9. The fraction of sp³-hybridized carbons (Fsp3) is 0.250. The summed E-state index contributed by atoms with van der Waals surface area (Å²) in [6.07, 6.45) is 2.50. The molecular weight excluding hydrogens is 326 g/mol. The van der Waals surface area contributed by atoms with Crippen LogP contribution in [-0.4, -0.2) is 24.3 Å². The first-order valence-electron chi connectivity index (χ1n) is 5.86. The summed E-state index contributed by atoms with van der Waals surface area (Å²) in [4.78, 5) is 3.21. The molecule has 1 aromatic carbocycles. The Morgan fingerprint density at radius 3 is 3.00 bits per heavy atom. The highest BCUT2D eigenvalue weighted by Gasteiger charge is 2.07. The van der Waals surface area contributed by atoms with E-state index in [1.165, 1.54) is 0 Å². The highest BCUT2D eigenvalue weighted by Crippen LogP contribution is 2.20. The van der Waals surface area contributed by atoms with Gasteiger partial charge in [-0.15, -0.1) is 10.2 Å². The fourth-order valence-corrected chi connectivity index (χ4v) is 2.74. The van der Waals surface area contributed by atoms with Gasteiger partial charge < -0.3 is 14.1 Å². The van der Waals surface area contributed by atoms with Crippen LogP contribution in [0.1, 0.15) is 5.82 Å². The number of aromatic nitrogens is 5. The lowest BCUT2D eigenvalue weighted by Gasteiger charge is -2.04. The molecule has 0 radical (unpaired) electrons. The lowest BCUT2D eigenvalue weighted by Crippen LogP contribution is -2.05. The largest absolute Gasteiger partial charge is 0.331 e. The number of benzene rings is 1. The molecule has 98 valence electrons. The molecule has 0 spiro atoms. The molecule has 0 aliphatic heterocycles. The first-order chi connectivity index (χ1) is 9.15. The Balaban J connectivity index is 1.96. The Hall–Kier alpha value is -1.47. The number of H-pyrrole nitrogens is 1. The summed E-state index contributed by atoms with van der Waals surface area (Å²) >= 11 is 8.86. The summed E-state index contributed by atoms with van der Waals surface area (Å²) in [6, 6.07) is 6.09. The van der Waals surface area contributed by atoms with Gasteiger partial charge in [-0.1, -0.05) is 15.9 Å². The molecule has 1 N–H and O–H groups in total. The number of aryl methyl sites for hydroxylation is 3. The number of rotatable bonds is 3. The summed E-state index contributed by atoms with van der Waals surface area (Å²) < 4.78 is 5.79. The Morgan fingerprint density at radius 1 is 1.42 bits per heavy atom. The van der Waals surface area contributed by atoms with Crippen molar-refractivity contribution < 1.29 is 0 Å². The molecule has 0 saturated heterocycles. The van der Waals surface area contributed by atoms with Crippen molar-refractivity contribution in [3.05, 3.63) is 39.6 Å². The Kier molecular flexibility index (Phi) is 3.24. The van der Waals surface area contributed by atoms with E-state index in [1.807, 2.05) is 23.7 Å². The molecule has 0 unspecified atom stereocenters. The van der Waals surface area contributed by atoms with Crippen molar-refractivity contribution in [2.24, 2.45) is 7.05 Å². The van der Waals surface area contributed by atoms with Gasteiger partial charge in [-0.25, -0.2) is 0 Å². The second-order valence-corrected chi connectivity index (χ2v) is 5.65. The topological polar surface area (TPSA) is 51.4 Å². The van der Waals surface area contributed by atoms with Crippen molar-refractivity contribution in [2.45, 2.75) is 13.0 Å². The van der Waals surface area contributed by atoms with E-state index in [9.17, 15) is 0 Å². The second kappa shape index (κ2) is 4.90. The number of nitrogens with one attached hydrogen (secondary N) is 1. The smallest absolute Gasteiger partial charge is 0.178 e. The molecule has 0 amide bonds. The molecule has 0 aliphatic carbocycles. The van der Waals surface area contributed by atoms with Gasteiger partial charge in [-0.3, -0.25) is 0 Å². The number of imidazole rings is 1. The quantitative estimate of drug-likeness (QED) is 0.747. The van der Waals surface area contributed by atoms with E-state index >= 15 is 0 Å². The van der Waals surface area contributed by atoms with E-state index in [1.54, 1.807) is 6.33 Å². The third-order valence-electron chi connectivity index (χ3n) is 3.10. The van der Waals surface area contributed by atoms with Crippen molar-refractivity contribution in [3.8, 4) is 0 Å². The van der Waals surface area contributed by atoms with Crippen LogP contribution in [0.4, 0.5) is 0 Å². The molecule has 0 atom stereocenters. The maximum atomic E-state index is 5.37. The molecule has 3 rings (SSSR count). The van der Waals surface area contributed by atoms with Crippen molar-refractivity contribution in [3.63, 3.8) is 0 Å². The van der Waals surface area contributed by atoms with Crippen LogP contribution >= 0.6 is 28.1 Å². The van der Waals surface area contributed by atoms with Gasteiger partial charge in [0.15, 0.2) is 4.77 Å². The third-order valence-corrected chi connectivity index (χ3v) is 3.92. The maximum Gasteiger partial charge on any atom is 0.178 e. The molecule has 0 saturated carbocycles. The van der Waals surface area contributed by atoms with Gasteiger partial charge >= 0.3 is 0 Å². The monoisotopic (exact) mass is 337 g/mol. The SMILES string of the molecule is Cn1cnnc1CCn1c(=S)[nH]c2ccc(Br)cc21. The number of fused-ring (bicyclic) bond motifs is 1. The molecule has 7 heteroatoms. The van der Waals surface area contributed by atoms with Crippen molar-refractivity contribution in [1.29, 1.82) is 0 Å². The van der Waals surface area contributed by atoms with Gasteiger partial charge in [-0.05, 0) is 30.4 Å². The van der Waals surface area contributed by atoms with E-state index in [2.05, 4.69) is 41.7 Å². The van der Waals surface area contributed by atoms with Crippen LogP contribution < -0.4 is 0 Å². The van der Waals surface area contributed by atoms with Crippen LogP contribution in [0.2, 0.25) is 0 Å². The Morgan fingerprint density at radius 2 is 2.26 bits per heavy atom. The zero-order valence-corrected chi connectivity index (χ0v) is 12.7. The average Bonchev–Trinajstić information content (AvgIpc) is 2.90. The average molecular weight is 338 g/mol. The lowest BCUT2D eigenvalue weighted by molar-refractivity contribution is 0.656. The van der Waals surface area contributed by atoms with Crippen LogP contribution in [0.25, 0.3) is 11.0 Å². The highest BCUT2D eigenvalue weighted by molar-refractivity contribution is 9.10. The molecule has 3 aromatic rings. The molecule has 2 heterocycles. The van der Waals surface area contributed by atoms with Crippen LogP contribution in [-0.2, 0) is 20.0 Å². The minimum absolute atomic E-state index is 0.732. The van der Waals surface area contributed by atoms with Gasteiger partial charge in [0, 0.05) is 24.5 Å². The maximum absolute atomic E-state index is 5.37. The summed E-state index contributed by atoms with van der Waals surface area (Å²) in [5, 5.41) is 7.97. The summed E-state index contributed by atoms with van der Waals surface area (Å²) in [7, 11) is 1.94. The first-order valence-corrected chi connectivity index (χ1v) is 7.06. The predicted octanol–water partition coefficient (Wildman–Crippen LogP) is 2.83. The van der Waals surface area contributed by atoms with E-state index in [0.29, 0.717) is 0 Å². The number of aromatic amines is 1. The van der Waals surface area contributed by atoms with E-state index < -0.39 is 0 Å². The summed E-state index contributed by atoms with van der Waals surface area (Å²) in [6.45, 7) is 0.780. The second-order valence-electron chi connectivity index (χ2n) is 4.35. The van der Waals surface area contributed by atoms with Gasteiger partial charge in [0.2, 0.25) is 0 Å². The van der Waals surface area contributed by atoms with Gasteiger partial charge in [0.1, 0.15) is 12.2 Å². The molecular formula is C12H12BrN5S. The molecule has 0 bridgehead atoms. The van der Waals surface area contributed by atoms with Crippen LogP contribution in [0.15, 0.2) is 29.0 Å². The molecule has 0 fully saturated rings. The van der Waals surface area contributed by atoms with E-state index in [4.69, 9.17) is 12.2 Å². The van der Waals surface area contributed by atoms with E-state index in [0.717, 1.165) is 39.1 Å². The normalized spacial score (nSPS) is 11.3.